The molecule has 0 amide bonds. The smallest absolute Gasteiger partial charge is 0.181 e. The van der Waals surface area contributed by atoms with Crippen LogP contribution in [0.15, 0.2) is 29.0 Å². The predicted molar refractivity (Wildman–Crippen MR) is 51.4 cm³/mol. The highest BCUT2D eigenvalue weighted by molar-refractivity contribution is 5.72. The third-order valence-electron chi connectivity index (χ3n) is 1.97. The number of aromatic nitrogens is 1. The van der Waals surface area contributed by atoms with Crippen LogP contribution in [0, 0.1) is 0 Å². The van der Waals surface area contributed by atoms with Crippen LogP contribution in [0.1, 0.15) is 12.5 Å². The second kappa shape index (κ2) is 3.58. The summed E-state index contributed by atoms with van der Waals surface area (Å²) in [7, 11) is 0. The third-order valence-corrected chi connectivity index (χ3v) is 1.97. The van der Waals surface area contributed by atoms with E-state index in [9.17, 15) is 0 Å². The number of hydrogen-bond donors (Lipinski definition) is 1. The Bertz CT molecular complexity index is 394. The quantitative estimate of drug-likeness (QED) is 0.776. The van der Waals surface area contributed by atoms with Crippen LogP contribution in [0.5, 0.6) is 0 Å². The fraction of sp³-hybridized carbons (Fsp3) is 0.300. The highest BCUT2D eigenvalue weighted by atomic mass is 16.3. The van der Waals surface area contributed by atoms with Gasteiger partial charge in [-0.2, -0.15) is 0 Å². The van der Waals surface area contributed by atoms with Gasteiger partial charge in [-0.15, -0.1) is 0 Å². The van der Waals surface area contributed by atoms with Crippen molar-refractivity contribution < 1.29 is 4.42 Å². The molecular formula is C10H12N2O. The van der Waals surface area contributed by atoms with Crippen molar-refractivity contribution in [2.45, 2.75) is 13.5 Å². The van der Waals surface area contributed by atoms with Crippen molar-refractivity contribution in [3.05, 3.63) is 30.2 Å². The average Bonchev–Trinajstić information content (AvgIpc) is 2.61. The van der Waals surface area contributed by atoms with Crippen molar-refractivity contribution in [3.8, 4) is 0 Å². The van der Waals surface area contributed by atoms with Crippen LogP contribution < -0.4 is 5.32 Å². The highest BCUT2D eigenvalue weighted by Crippen LogP contribution is 2.13. The molecule has 3 nitrogen and oxygen atoms in total. The minimum absolute atomic E-state index is 0.847. The summed E-state index contributed by atoms with van der Waals surface area (Å²) in [6.07, 6.45) is 1.47. The molecule has 13 heavy (non-hydrogen) atoms. The standard InChI is InChI=1S/C10H12N2O/c1-2-11-6-8-3-4-10-9(5-8)12-7-13-10/h3-5,7,11H,2,6H2,1H3. The zero-order valence-electron chi connectivity index (χ0n) is 7.58. The van der Waals surface area contributed by atoms with Crippen LogP contribution >= 0.6 is 0 Å². The van der Waals surface area contributed by atoms with E-state index in [0.29, 0.717) is 0 Å². The summed E-state index contributed by atoms with van der Waals surface area (Å²) < 4.78 is 5.15. The lowest BCUT2D eigenvalue weighted by Crippen LogP contribution is -2.11. The van der Waals surface area contributed by atoms with E-state index in [1.165, 1.54) is 12.0 Å². The summed E-state index contributed by atoms with van der Waals surface area (Å²) in [6.45, 7) is 3.96. The Morgan fingerprint density at radius 3 is 3.23 bits per heavy atom. The largest absolute Gasteiger partial charge is 0.443 e. The number of oxazole rings is 1. The molecule has 2 rings (SSSR count). The molecule has 68 valence electrons. The lowest BCUT2D eigenvalue weighted by atomic mass is 10.2. The molecule has 0 aliphatic rings. The van der Waals surface area contributed by atoms with Gasteiger partial charge in [0.1, 0.15) is 5.52 Å². The van der Waals surface area contributed by atoms with Gasteiger partial charge in [0.2, 0.25) is 0 Å². The highest BCUT2D eigenvalue weighted by Gasteiger charge is 1.98. The maximum atomic E-state index is 5.15. The first-order valence-electron chi connectivity index (χ1n) is 4.43. The van der Waals surface area contributed by atoms with E-state index in [2.05, 4.69) is 23.3 Å². The third kappa shape index (κ3) is 1.70. The zero-order valence-corrected chi connectivity index (χ0v) is 7.58. The maximum Gasteiger partial charge on any atom is 0.181 e. The van der Waals surface area contributed by atoms with Crippen molar-refractivity contribution in [3.63, 3.8) is 0 Å². The molecule has 0 aliphatic heterocycles. The van der Waals surface area contributed by atoms with Crippen LogP contribution in [0.25, 0.3) is 11.1 Å². The second-order valence-corrected chi connectivity index (χ2v) is 2.93. The van der Waals surface area contributed by atoms with Gasteiger partial charge in [-0.1, -0.05) is 13.0 Å². The number of hydrogen-bond acceptors (Lipinski definition) is 3. The van der Waals surface area contributed by atoms with E-state index in [4.69, 9.17) is 4.42 Å². The summed E-state index contributed by atoms with van der Waals surface area (Å²) >= 11 is 0. The van der Waals surface area contributed by atoms with E-state index in [0.717, 1.165) is 24.2 Å². The first kappa shape index (κ1) is 8.26. The molecule has 0 atom stereocenters. The Balaban J connectivity index is 2.26. The maximum absolute atomic E-state index is 5.15. The van der Waals surface area contributed by atoms with Crippen molar-refractivity contribution in [2.24, 2.45) is 0 Å². The van der Waals surface area contributed by atoms with Gasteiger partial charge < -0.3 is 9.73 Å². The lowest BCUT2D eigenvalue weighted by Gasteiger charge is -2.00. The van der Waals surface area contributed by atoms with Gasteiger partial charge in [0.05, 0.1) is 0 Å². The first-order chi connectivity index (χ1) is 6.40. The Morgan fingerprint density at radius 2 is 2.38 bits per heavy atom. The van der Waals surface area contributed by atoms with Gasteiger partial charge in [0, 0.05) is 6.54 Å². The molecule has 0 saturated carbocycles. The molecule has 1 N–H and O–H groups in total. The molecule has 3 heteroatoms. The molecule has 1 heterocycles. The summed E-state index contributed by atoms with van der Waals surface area (Å²) in [4.78, 5) is 4.09. The fourth-order valence-corrected chi connectivity index (χ4v) is 1.28. The Hall–Kier alpha value is -1.35. The minimum atomic E-state index is 0.847. The molecule has 0 radical (unpaired) electrons. The number of rotatable bonds is 3. The number of nitrogens with one attached hydrogen (secondary N) is 1. The SMILES string of the molecule is CCNCc1ccc2ocnc2c1. The number of fused-ring (bicyclic) bond motifs is 1. The molecule has 0 unspecified atom stereocenters. The molecular weight excluding hydrogens is 164 g/mol. The monoisotopic (exact) mass is 176 g/mol. The van der Waals surface area contributed by atoms with Gasteiger partial charge in [-0.05, 0) is 24.2 Å². The molecule has 0 saturated heterocycles. The second-order valence-electron chi connectivity index (χ2n) is 2.93. The van der Waals surface area contributed by atoms with E-state index in [-0.39, 0.29) is 0 Å². The molecule has 0 aliphatic carbocycles. The van der Waals surface area contributed by atoms with Gasteiger partial charge in [0.25, 0.3) is 0 Å². The van der Waals surface area contributed by atoms with Crippen LogP contribution in [0.3, 0.4) is 0 Å². The van der Waals surface area contributed by atoms with Gasteiger partial charge >= 0.3 is 0 Å². The topological polar surface area (TPSA) is 38.1 Å². The normalized spacial score (nSPS) is 10.8. The van der Waals surface area contributed by atoms with Crippen LogP contribution in [-0.4, -0.2) is 11.5 Å². The molecule has 0 fully saturated rings. The van der Waals surface area contributed by atoms with E-state index < -0.39 is 0 Å². The van der Waals surface area contributed by atoms with Crippen LogP contribution in [0.4, 0.5) is 0 Å². The van der Waals surface area contributed by atoms with Crippen molar-refractivity contribution in [1.29, 1.82) is 0 Å². The summed E-state index contributed by atoms with van der Waals surface area (Å²) in [6, 6.07) is 6.05. The van der Waals surface area contributed by atoms with Gasteiger partial charge in [-0.3, -0.25) is 0 Å². The van der Waals surface area contributed by atoms with Crippen LogP contribution in [0.2, 0.25) is 0 Å². The predicted octanol–water partition coefficient (Wildman–Crippen LogP) is 1.94. The molecule has 0 spiro atoms. The number of nitrogens with zero attached hydrogens (tertiary/aromatic N) is 1. The molecule has 1 aromatic heterocycles. The average molecular weight is 176 g/mol. The molecule has 0 bridgehead atoms. The Morgan fingerprint density at radius 1 is 1.46 bits per heavy atom. The summed E-state index contributed by atoms with van der Waals surface area (Å²) in [5.41, 5.74) is 3.01. The van der Waals surface area contributed by atoms with Crippen molar-refractivity contribution in [1.82, 2.24) is 10.3 Å². The van der Waals surface area contributed by atoms with E-state index >= 15 is 0 Å². The fourth-order valence-electron chi connectivity index (χ4n) is 1.28. The van der Waals surface area contributed by atoms with Gasteiger partial charge in [-0.25, -0.2) is 4.98 Å². The zero-order chi connectivity index (χ0) is 9.10. The van der Waals surface area contributed by atoms with Crippen molar-refractivity contribution >= 4 is 11.1 Å². The van der Waals surface area contributed by atoms with E-state index in [1.807, 2.05) is 12.1 Å². The number of benzene rings is 1. The first-order valence-corrected chi connectivity index (χ1v) is 4.43. The molecule has 1 aromatic carbocycles. The molecule has 2 aromatic rings. The Kier molecular flexibility index (Phi) is 2.27. The van der Waals surface area contributed by atoms with Crippen LogP contribution in [-0.2, 0) is 6.54 Å². The summed E-state index contributed by atoms with van der Waals surface area (Å²) in [5, 5.41) is 3.26. The van der Waals surface area contributed by atoms with Crippen molar-refractivity contribution in [2.75, 3.05) is 6.54 Å². The van der Waals surface area contributed by atoms with Gasteiger partial charge in [0.15, 0.2) is 12.0 Å². The Labute approximate surface area is 76.8 Å². The summed E-state index contributed by atoms with van der Waals surface area (Å²) in [5.74, 6) is 0. The van der Waals surface area contributed by atoms with E-state index in [1.54, 1.807) is 0 Å². The lowest BCUT2D eigenvalue weighted by molar-refractivity contribution is 0.602. The minimum Gasteiger partial charge on any atom is -0.443 e.